The SMILES string of the molecule is O=C(NCc1cncc(-c2ccsc2)c1)c1ccco1. The molecule has 20 heavy (non-hydrogen) atoms. The zero-order valence-corrected chi connectivity index (χ0v) is 11.4. The van der Waals surface area contributed by atoms with Crippen molar-refractivity contribution in [3.63, 3.8) is 0 Å². The Kier molecular flexibility index (Phi) is 3.60. The molecule has 0 radical (unpaired) electrons. The van der Waals surface area contributed by atoms with E-state index in [1.54, 1.807) is 29.7 Å². The number of nitrogens with zero attached hydrogens (tertiary/aromatic N) is 1. The van der Waals surface area contributed by atoms with Crippen molar-refractivity contribution in [1.29, 1.82) is 0 Å². The van der Waals surface area contributed by atoms with E-state index in [-0.39, 0.29) is 5.91 Å². The average Bonchev–Trinajstić information content (AvgIpc) is 3.17. The van der Waals surface area contributed by atoms with Gasteiger partial charge in [0, 0.05) is 24.5 Å². The van der Waals surface area contributed by atoms with Crippen molar-refractivity contribution in [2.75, 3.05) is 0 Å². The smallest absolute Gasteiger partial charge is 0.287 e. The quantitative estimate of drug-likeness (QED) is 0.799. The maximum atomic E-state index is 11.8. The minimum Gasteiger partial charge on any atom is -0.459 e. The highest BCUT2D eigenvalue weighted by Gasteiger charge is 2.08. The molecular weight excluding hydrogens is 272 g/mol. The third-order valence-electron chi connectivity index (χ3n) is 2.85. The van der Waals surface area contributed by atoms with Crippen molar-refractivity contribution in [2.45, 2.75) is 6.54 Å². The highest BCUT2D eigenvalue weighted by molar-refractivity contribution is 7.08. The molecule has 1 amide bonds. The fourth-order valence-electron chi connectivity index (χ4n) is 1.85. The van der Waals surface area contributed by atoms with Crippen LogP contribution < -0.4 is 5.32 Å². The minimum absolute atomic E-state index is 0.226. The molecule has 3 rings (SSSR count). The monoisotopic (exact) mass is 284 g/mol. The topological polar surface area (TPSA) is 55.1 Å². The summed E-state index contributed by atoms with van der Waals surface area (Å²) in [6, 6.07) is 7.40. The maximum Gasteiger partial charge on any atom is 0.287 e. The molecule has 0 aliphatic carbocycles. The Morgan fingerprint density at radius 3 is 3.00 bits per heavy atom. The summed E-state index contributed by atoms with van der Waals surface area (Å²) < 4.78 is 5.04. The molecule has 4 nitrogen and oxygen atoms in total. The molecule has 0 unspecified atom stereocenters. The lowest BCUT2D eigenvalue weighted by Gasteiger charge is -2.05. The third kappa shape index (κ3) is 2.78. The van der Waals surface area contributed by atoms with E-state index in [4.69, 9.17) is 4.42 Å². The van der Waals surface area contributed by atoms with Gasteiger partial charge in [0.15, 0.2) is 5.76 Å². The summed E-state index contributed by atoms with van der Waals surface area (Å²) in [5.74, 6) is 0.0860. The van der Waals surface area contributed by atoms with Gasteiger partial charge in [-0.3, -0.25) is 9.78 Å². The Hall–Kier alpha value is -2.40. The molecule has 5 heteroatoms. The van der Waals surface area contributed by atoms with Crippen molar-refractivity contribution < 1.29 is 9.21 Å². The summed E-state index contributed by atoms with van der Waals surface area (Å²) in [6.07, 6.45) is 5.05. The van der Waals surface area contributed by atoms with Crippen LogP contribution in [0.15, 0.2) is 58.1 Å². The molecule has 100 valence electrons. The van der Waals surface area contributed by atoms with Gasteiger partial charge < -0.3 is 9.73 Å². The van der Waals surface area contributed by atoms with Gasteiger partial charge in [0.05, 0.1) is 6.26 Å². The lowest BCUT2D eigenvalue weighted by atomic mass is 10.1. The molecule has 1 N–H and O–H groups in total. The van der Waals surface area contributed by atoms with E-state index >= 15 is 0 Å². The second-order valence-corrected chi connectivity index (χ2v) is 5.03. The maximum absolute atomic E-state index is 11.8. The van der Waals surface area contributed by atoms with Crippen molar-refractivity contribution in [3.05, 3.63) is 65.0 Å². The van der Waals surface area contributed by atoms with Gasteiger partial charge in [0.25, 0.3) is 5.91 Å². The Morgan fingerprint density at radius 1 is 1.30 bits per heavy atom. The highest BCUT2D eigenvalue weighted by Crippen LogP contribution is 2.21. The second-order valence-electron chi connectivity index (χ2n) is 4.25. The number of thiophene rings is 1. The molecule has 0 bridgehead atoms. The lowest BCUT2D eigenvalue weighted by Crippen LogP contribution is -2.22. The summed E-state index contributed by atoms with van der Waals surface area (Å²) in [7, 11) is 0. The summed E-state index contributed by atoms with van der Waals surface area (Å²) in [5, 5.41) is 6.90. The van der Waals surface area contributed by atoms with Crippen molar-refractivity contribution in [2.24, 2.45) is 0 Å². The van der Waals surface area contributed by atoms with Crippen LogP contribution in [0.1, 0.15) is 16.1 Å². The molecule has 3 aromatic heterocycles. The van der Waals surface area contributed by atoms with E-state index in [9.17, 15) is 4.79 Å². The lowest BCUT2D eigenvalue weighted by molar-refractivity contribution is 0.0923. The number of amides is 1. The molecule has 0 aliphatic heterocycles. The van der Waals surface area contributed by atoms with Gasteiger partial charge >= 0.3 is 0 Å². The number of rotatable bonds is 4. The first-order valence-corrected chi connectivity index (χ1v) is 7.05. The Labute approximate surface area is 120 Å². The average molecular weight is 284 g/mol. The summed E-state index contributed by atoms with van der Waals surface area (Å²) in [6.45, 7) is 0.421. The summed E-state index contributed by atoms with van der Waals surface area (Å²) in [5.41, 5.74) is 3.14. The molecule has 0 aromatic carbocycles. The van der Waals surface area contributed by atoms with Crippen molar-refractivity contribution in [3.8, 4) is 11.1 Å². The van der Waals surface area contributed by atoms with Crippen LogP contribution in [0.4, 0.5) is 0 Å². The molecule has 3 aromatic rings. The van der Waals surface area contributed by atoms with Gasteiger partial charge in [0.1, 0.15) is 0 Å². The minimum atomic E-state index is -0.226. The standard InChI is InChI=1S/C15H12N2O2S/c18-15(14-2-1-4-19-14)17-8-11-6-13(9-16-7-11)12-3-5-20-10-12/h1-7,9-10H,8H2,(H,17,18). The molecular formula is C15H12N2O2S. The van der Waals surface area contributed by atoms with Crippen LogP contribution >= 0.6 is 11.3 Å². The van der Waals surface area contributed by atoms with Gasteiger partial charge in [-0.25, -0.2) is 0 Å². The van der Waals surface area contributed by atoms with E-state index in [0.29, 0.717) is 12.3 Å². The fourth-order valence-corrected chi connectivity index (χ4v) is 2.51. The Balaban J connectivity index is 1.69. The highest BCUT2D eigenvalue weighted by atomic mass is 32.1. The first-order valence-electron chi connectivity index (χ1n) is 6.11. The van der Waals surface area contributed by atoms with Crippen LogP contribution in [0, 0.1) is 0 Å². The van der Waals surface area contributed by atoms with Gasteiger partial charge in [-0.05, 0) is 46.2 Å². The number of hydrogen-bond acceptors (Lipinski definition) is 4. The third-order valence-corrected chi connectivity index (χ3v) is 3.53. The molecule has 0 fully saturated rings. The first-order chi connectivity index (χ1) is 9.83. The first kappa shape index (κ1) is 12.6. The summed E-state index contributed by atoms with van der Waals surface area (Å²) in [4.78, 5) is 16.0. The van der Waals surface area contributed by atoms with Crippen LogP contribution in [0.3, 0.4) is 0 Å². The number of nitrogens with one attached hydrogen (secondary N) is 1. The van der Waals surface area contributed by atoms with Crippen LogP contribution in [0.2, 0.25) is 0 Å². The van der Waals surface area contributed by atoms with E-state index in [1.165, 1.54) is 6.26 Å². The summed E-state index contributed by atoms with van der Waals surface area (Å²) >= 11 is 1.65. The van der Waals surface area contributed by atoms with Crippen LogP contribution in [-0.4, -0.2) is 10.9 Å². The fraction of sp³-hybridized carbons (Fsp3) is 0.0667. The van der Waals surface area contributed by atoms with Gasteiger partial charge in [-0.1, -0.05) is 0 Å². The normalized spacial score (nSPS) is 10.4. The zero-order valence-electron chi connectivity index (χ0n) is 10.6. The number of furan rings is 1. The van der Waals surface area contributed by atoms with Gasteiger partial charge in [-0.2, -0.15) is 11.3 Å². The molecule has 0 saturated carbocycles. The van der Waals surface area contributed by atoms with E-state index in [1.807, 2.05) is 23.7 Å². The number of aromatic nitrogens is 1. The zero-order chi connectivity index (χ0) is 13.8. The Bertz CT molecular complexity index is 691. The van der Waals surface area contributed by atoms with Crippen LogP contribution in [0.25, 0.3) is 11.1 Å². The number of hydrogen-bond donors (Lipinski definition) is 1. The Morgan fingerprint density at radius 2 is 2.25 bits per heavy atom. The predicted molar refractivity (Wildman–Crippen MR) is 77.4 cm³/mol. The number of pyridine rings is 1. The molecule has 0 spiro atoms. The molecule has 0 aliphatic rings. The van der Waals surface area contributed by atoms with Crippen LogP contribution in [0.5, 0.6) is 0 Å². The predicted octanol–water partition coefficient (Wildman–Crippen LogP) is 3.33. The second kappa shape index (κ2) is 5.71. The largest absolute Gasteiger partial charge is 0.459 e. The molecule has 3 heterocycles. The van der Waals surface area contributed by atoms with Gasteiger partial charge in [-0.15, -0.1) is 0 Å². The number of carbonyl (C=O) groups is 1. The molecule has 0 atom stereocenters. The van der Waals surface area contributed by atoms with Crippen molar-refractivity contribution in [1.82, 2.24) is 10.3 Å². The van der Waals surface area contributed by atoms with Gasteiger partial charge in [0.2, 0.25) is 0 Å². The van der Waals surface area contributed by atoms with E-state index in [2.05, 4.69) is 15.7 Å². The van der Waals surface area contributed by atoms with E-state index < -0.39 is 0 Å². The number of carbonyl (C=O) groups excluding carboxylic acids is 1. The van der Waals surface area contributed by atoms with Crippen LogP contribution in [-0.2, 0) is 6.54 Å². The van der Waals surface area contributed by atoms with Crippen molar-refractivity contribution >= 4 is 17.2 Å². The van der Waals surface area contributed by atoms with E-state index in [0.717, 1.165) is 16.7 Å². The molecule has 0 saturated heterocycles.